The maximum absolute atomic E-state index is 11.7. The second kappa shape index (κ2) is 6.43. The Hall–Kier alpha value is -2.01. The van der Waals surface area contributed by atoms with Gasteiger partial charge in [0.1, 0.15) is 0 Å². The van der Waals surface area contributed by atoms with Crippen molar-refractivity contribution in [2.75, 3.05) is 17.6 Å². The Labute approximate surface area is 123 Å². The molecule has 0 aliphatic rings. The average Bonchev–Trinajstić information content (AvgIpc) is 2.83. The number of thiophene rings is 1. The lowest BCUT2D eigenvalue weighted by Crippen LogP contribution is -2.22. The first-order chi connectivity index (χ1) is 9.60. The topological polar surface area (TPSA) is 67.2 Å². The van der Waals surface area contributed by atoms with Crippen LogP contribution < -0.4 is 16.4 Å². The van der Waals surface area contributed by atoms with Gasteiger partial charge in [0.25, 0.3) is 5.91 Å². The summed E-state index contributed by atoms with van der Waals surface area (Å²) in [6, 6.07) is 9.53. The third-order valence-electron chi connectivity index (χ3n) is 2.90. The van der Waals surface area contributed by atoms with Crippen LogP contribution in [0.5, 0.6) is 0 Å². The van der Waals surface area contributed by atoms with Crippen LogP contribution in [0.1, 0.15) is 27.0 Å². The molecule has 0 saturated carbocycles. The summed E-state index contributed by atoms with van der Waals surface area (Å²) in [5.74, 6) is -0.0976. The van der Waals surface area contributed by atoms with Gasteiger partial charge in [-0.2, -0.15) is 0 Å². The molecule has 0 bridgehead atoms. The lowest BCUT2D eigenvalue weighted by Gasteiger charge is -2.10. The van der Waals surface area contributed by atoms with Crippen molar-refractivity contribution in [3.63, 3.8) is 0 Å². The van der Waals surface area contributed by atoms with Crippen LogP contribution in [-0.4, -0.2) is 12.5 Å². The number of hydrogen-bond acceptors (Lipinski definition) is 4. The lowest BCUT2D eigenvalue weighted by molar-refractivity contribution is 0.0956. The van der Waals surface area contributed by atoms with E-state index >= 15 is 0 Å². The van der Waals surface area contributed by atoms with Gasteiger partial charge in [-0.05, 0) is 44.2 Å². The smallest absolute Gasteiger partial charge is 0.251 e. The van der Waals surface area contributed by atoms with E-state index in [1.807, 2.05) is 13.0 Å². The highest BCUT2D eigenvalue weighted by atomic mass is 32.1. The molecule has 2 rings (SSSR count). The Kier molecular flexibility index (Phi) is 4.63. The van der Waals surface area contributed by atoms with Crippen molar-refractivity contribution in [2.45, 2.75) is 20.4 Å². The highest BCUT2D eigenvalue weighted by Crippen LogP contribution is 2.22. The van der Waals surface area contributed by atoms with E-state index in [9.17, 15) is 4.79 Å². The number of nitrogens with one attached hydrogen (secondary N) is 2. The summed E-state index contributed by atoms with van der Waals surface area (Å²) in [6.07, 6.45) is 0. The molecule has 1 heterocycles. The summed E-state index contributed by atoms with van der Waals surface area (Å²) in [4.78, 5) is 14.3. The molecule has 106 valence electrons. The Morgan fingerprint density at radius 2 is 2.10 bits per heavy atom. The first-order valence-electron chi connectivity index (χ1n) is 6.57. The monoisotopic (exact) mass is 289 g/mol. The molecular weight excluding hydrogens is 270 g/mol. The molecule has 0 radical (unpaired) electrons. The first kappa shape index (κ1) is 14.4. The quantitative estimate of drug-likeness (QED) is 0.741. The standard InChI is InChI=1S/C15H19N3OS/c1-3-17-15(19)11-5-7-14(13(16)8-11)18-9-12-6-4-10(2)20-12/h4-8,18H,3,9,16H2,1-2H3,(H,17,19). The van der Waals surface area contributed by atoms with Crippen molar-refractivity contribution in [2.24, 2.45) is 0 Å². The molecule has 1 aromatic carbocycles. The number of nitrogens with two attached hydrogens (primary N) is 1. The summed E-state index contributed by atoms with van der Waals surface area (Å²) < 4.78 is 0. The predicted octanol–water partition coefficient (Wildman–Crippen LogP) is 3.00. The summed E-state index contributed by atoms with van der Waals surface area (Å²) in [5, 5.41) is 6.05. The van der Waals surface area contributed by atoms with E-state index in [1.54, 1.807) is 23.5 Å². The summed E-state index contributed by atoms with van der Waals surface area (Å²) in [5.41, 5.74) is 8.01. The van der Waals surface area contributed by atoms with E-state index in [2.05, 4.69) is 29.7 Å². The van der Waals surface area contributed by atoms with Crippen LogP contribution in [-0.2, 0) is 6.54 Å². The van der Waals surface area contributed by atoms with Crippen molar-refractivity contribution in [3.05, 3.63) is 45.6 Å². The number of aryl methyl sites for hydroxylation is 1. The number of carbonyl (C=O) groups excluding carboxylic acids is 1. The van der Waals surface area contributed by atoms with E-state index in [4.69, 9.17) is 5.73 Å². The van der Waals surface area contributed by atoms with Crippen molar-refractivity contribution in [1.29, 1.82) is 0 Å². The molecule has 0 unspecified atom stereocenters. The van der Waals surface area contributed by atoms with Crippen LogP contribution in [0.4, 0.5) is 11.4 Å². The van der Waals surface area contributed by atoms with E-state index in [0.717, 1.165) is 12.2 Å². The molecule has 0 fully saturated rings. The predicted molar refractivity (Wildman–Crippen MR) is 85.2 cm³/mol. The third-order valence-corrected chi connectivity index (χ3v) is 3.90. The molecule has 0 aliphatic heterocycles. The van der Waals surface area contributed by atoms with E-state index in [1.165, 1.54) is 9.75 Å². The van der Waals surface area contributed by atoms with Gasteiger partial charge in [-0.25, -0.2) is 0 Å². The zero-order valence-corrected chi connectivity index (χ0v) is 12.5. The first-order valence-corrected chi connectivity index (χ1v) is 7.38. The molecule has 5 heteroatoms. The van der Waals surface area contributed by atoms with Crippen LogP contribution in [0.3, 0.4) is 0 Å². The van der Waals surface area contributed by atoms with Gasteiger partial charge in [-0.15, -0.1) is 11.3 Å². The molecule has 0 spiro atoms. The molecule has 0 aliphatic carbocycles. The molecule has 1 aromatic heterocycles. The van der Waals surface area contributed by atoms with Crippen LogP contribution in [0.25, 0.3) is 0 Å². The van der Waals surface area contributed by atoms with Gasteiger partial charge in [-0.3, -0.25) is 4.79 Å². The van der Waals surface area contributed by atoms with Crippen molar-refractivity contribution in [3.8, 4) is 0 Å². The van der Waals surface area contributed by atoms with Gasteiger partial charge < -0.3 is 16.4 Å². The average molecular weight is 289 g/mol. The highest BCUT2D eigenvalue weighted by Gasteiger charge is 2.07. The number of carbonyl (C=O) groups is 1. The molecule has 2 aromatic rings. The molecule has 0 atom stereocenters. The van der Waals surface area contributed by atoms with Crippen LogP contribution in [0.2, 0.25) is 0 Å². The number of amides is 1. The maximum atomic E-state index is 11.7. The number of benzene rings is 1. The van der Waals surface area contributed by atoms with E-state index in [0.29, 0.717) is 17.8 Å². The number of rotatable bonds is 5. The fourth-order valence-corrected chi connectivity index (χ4v) is 2.72. The second-order valence-corrected chi connectivity index (χ2v) is 5.90. The Balaban J connectivity index is 2.04. The number of nitrogen functional groups attached to an aromatic ring is 1. The fraction of sp³-hybridized carbons (Fsp3) is 0.267. The largest absolute Gasteiger partial charge is 0.397 e. The number of hydrogen-bond donors (Lipinski definition) is 3. The third kappa shape index (κ3) is 3.51. The lowest BCUT2D eigenvalue weighted by atomic mass is 10.1. The van der Waals surface area contributed by atoms with Crippen molar-refractivity contribution >= 4 is 28.6 Å². The summed E-state index contributed by atoms with van der Waals surface area (Å²) in [6.45, 7) is 5.32. The Bertz CT molecular complexity index is 607. The van der Waals surface area contributed by atoms with Gasteiger partial charge in [0.05, 0.1) is 11.4 Å². The van der Waals surface area contributed by atoms with Gasteiger partial charge in [0.15, 0.2) is 0 Å². The molecule has 0 saturated heterocycles. The SMILES string of the molecule is CCNC(=O)c1ccc(NCc2ccc(C)s2)c(N)c1. The normalized spacial score (nSPS) is 10.3. The molecule has 4 nitrogen and oxygen atoms in total. The fourth-order valence-electron chi connectivity index (χ4n) is 1.89. The molecular formula is C15H19N3OS. The Morgan fingerprint density at radius 1 is 1.30 bits per heavy atom. The minimum Gasteiger partial charge on any atom is -0.397 e. The highest BCUT2D eigenvalue weighted by molar-refractivity contribution is 7.11. The van der Waals surface area contributed by atoms with Gasteiger partial charge in [0, 0.05) is 28.4 Å². The Morgan fingerprint density at radius 3 is 2.70 bits per heavy atom. The maximum Gasteiger partial charge on any atom is 0.251 e. The molecule has 20 heavy (non-hydrogen) atoms. The summed E-state index contributed by atoms with van der Waals surface area (Å²) >= 11 is 1.76. The zero-order chi connectivity index (χ0) is 14.5. The van der Waals surface area contributed by atoms with Crippen LogP contribution >= 0.6 is 11.3 Å². The zero-order valence-electron chi connectivity index (χ0n) is 11.7. The minimum absolute atomic E-state index is 0.0976. The molecule has 1 amide bonds. The van der Waals surface area contributed by atoms with E-state index < -0.39 is 0 Å². The van der Waals surface area contributed by atoms with Crippen LogP contribution in [0.15, 0.2) is 30.3 Å². The van der Waals surface area contributed by atoms with Gasteiger partial charge in [-0.1, -0.05) is 0 Å². The van der Waals surface area contributed by atoms with Gasteiger partial charge in [0.2, 0.25) is 0 Å². The molecule has 4 N–H and O–H groups in total. The second-order valence-electron chi connectivity index (χ2n) is 4.53. The van der Waals surface area contributed by atoms with E-state index in [-0.39, 0.29) is 5.91 Å². The van der Waals surface area contributed by atoms with Crippen molar-refractivity contribution < 1.29 is 4.79 Å². The van der Waals surface area contributed by atoms with Crippen molar-refractivity contribution in [1.82, 2.24) is 5.32 Å². The minimum atomic E-state index is -0.0976. The van der Waals surface area contributed by atoms with Crippen LogP contribution in [0, 0.1) is 6.92 Å². The summed E-state index contributed by atoms with van der Waals surface area (Å²) in [7, 11) is 0. The number of anilines is 2. The van der Waals surface area contributed by atoms with Gasteiger partial charge >= 0.3 is 0 Å².